The van der Waals surface area contributed by atoms with E-state index in [1.807, 2.05) is 0 Å². The number of nitrogen functional groups attached to an aromatic ring is 1. The maximum Gasteiger partial charge on any atom is 0.319 e. The predicted molar refractivity (Wildman–Crippen MR) is 156 cm³/mol. The number of hydrogen-bond donors (Lipinski definition) is 2. The van der Waals surface area contributed by atoms with E-state index < -0.39 is 11.6 Å². The SMILES string of the molecule is N#Cc1c(N)sc2ccc(F)c(-c3c4c(c5c(N6C7CCC6CNC7)nc(OC[C@H]6COCCO6)nc5c3F)COC4)c12. The standard InChI is InChI=1S/C30H28F2N6O4S/c31-20-3-4-21-22(17(7-33)28(34)43-21)25(20)23-18-12-40-13-19(18)24-27(26(23)32)36-30(42-11-16-10-39-5-6-41-16)37-29(24)38-14-1-2-15(38)9-35-8-14/h3-4,14-16,35H,1-2,5-6,8-13,34H2/t14?,15?,16-/m1/s1. The molecule has 4 aliphatic rings. The van der Waals surface area contributed by atoms with Gasteiger partial charge in [-0.2, -0.15) is 15.2 Å². The number of benzene rings is 2. The number of anilines is 2. The van der Waals surface area contributed by atoms with Crippen molar-refractivity contribution in [2.45, 2.75) is 44.2 Å². The third-order valence-electron chi connectivity index (χ3n) is 8.86. The average molecular weight is 607 g/mol. The van der Waals surface area contributed by atoms with E-state index in [1.54, 1.807) is 6.07 Å². The summed E-state index contributed by atoms with van der Waals surface area (Å²) in [6.07, 6.45) is 1.66. The van der Waals surface area contributed by atoms with Crippen molar-refractivity contribution < 1.29 is 27.7 Å². The third kappa shape index (κ3) is 4.23. The molecule has 0 spiro atoms. The molecule has 222 valence electrons. The van der Waals surface area contributed by atoms with Gasteiger partial charge in [-0.3, -0.25) is 0 Å². The van der Waals surface area contributed by atoms with Crippen molar-refractivity contribution in [1.29, 1.82) is 5.26 Å². The van der Waals surface area contributed by atoms with Gasteiger partial charge in [0.05, 0.1) is 44.0 Å². The summed E-state index contributed by atoms with van der Waals surface area (Å²) in [4.78, 5) is 11.7. The summed E-state index contributed by atoms with van der Waals surface area (Å²) >= 11 is 1.17. The van der Waals surface area contributed by atoms with Gasteiger partial charge in [-0.1, -0.05) is 0 Å². The molecular formula is C30H28F2N6O4S. The van der Waals surface area contributed by atoms with Crippen LogP contribution in [0.25, 0.3) is 32.1 Å². The van der Waals surface area contributed by atoms with Crippen LogP contribution in [-0.4, -0.2) is 67.7 Å². The zero-order chi connectivity index (χ0) is 29.2. The Morgan fingerprint density at radius 1 is 1.07 bits per heavy atom. The number of fused-ring (bicyclic) bond motifs is 6. The van der Waals surface area contributed by atoms with Crippen molar-refractivity contribution in [3.05, 3.63) is 40.5 Å². The molecule has 4 aliphatic heterocycles. The van der Waals surface area contributed by atoms with Gasteiger partial charge in [-0.05, 0) is 36.1 Å². The number of rotatable bonds is 5. The van der Waals surface area contributed by atoms with Gasteiger partial charge in [-0.15, -0.1) is 11.3 Å². The van der Waals surface area contributed by atoms with E-state index in [0.29, 0.717) is 46.9 Å². The van der Waals surface area contributed by atoms with Crippen LogP contribution in [-0.2, 0) is 27.4 Å². The van der Waals surface area contributed by atoms with Crippen molar-refractivity contribution in [1.82, 2.24) is 15.3 Å². The monoisotopic (exact) mass is 606 g/mol. The first kappa shape index (κ1) is 26.9. The number of halogens is 2. The van der Waals surface area contributed by atoms with Crippen molar-refractivity contribution in [2.75, 3.05) is 50.2 Å². The first-order valence-corrected chi connectivity index (χ1v) is 15.2. The van der Waals surface area contributed by atoms with Gasteiger partial charge in [0.1, 0.15) is 40.9 Å². The smallest absolute Gasteiger partial charge is 0.319 e. The van der Waals surface area contributed by atoms with Crippen molar-refractivity contribution in [2.24, 2.45) is 0 Å². The fourth-order valence-electron chi connectivity index (χ4n) is 6.97. The van der Waals surface area contributed by atoms with Gasteiger partial charge >= 0.3 is 6.01 Å². The summed E-state index contributed by atoms with van der Waals surface area (Å²) in [5.74, 6) is -0.778. The molecule has 8 rings (SSSR count). The molecule has 2 unspecified atom stereocenters. The van der Waals surface area contributed by atoms with Gasteiger partial charge in [0.2, 0.25) is 0 Å². The number of nitriles is 1. The van der Waals surface area contributed by atoms with Crippen LogP contribution in [0.5, 0.6) is 6.01 Å². The van der Waals surface area contributed by atoms with E-state index in [9.17, 15) is 5.26 Å². The number of nitrogens with two attached hydrogens (primary N) is 1. The number of piperazine rings is 1. The Labute approximate surface area is 249 Å². The summed E-state index contributed by atoms with van der Waals surface area (Å²) in [6, 6.07) is 5.31. The highest BCUT2D eigenvalue weighted by Crippen LogP contribution is 2.48. The van der Waals surface area contributed by atoms with Gasteiger partial charge in [0.15, 0.2) is 5.82 Å². The molecule has 2 bridgehead atoms. The van der Waals surface area contributed by atoms with E-state index >= 15 is 8.78 Å². The molecule has 3 fully saturated rings. The number of aromatic nitrogens is 2. The highest BCUT2D eigenvalue weighted by molar-refractivity contribution is 7.23. The molecule has 3 saturated heterocycles. The fraction of sp³-hybridized carbons (Fsp3) is 0.433. The maximum atomic E-state index is 17.1. The lowest BCUT2D eigenvalue weighted by atomic mass is 9.90. The molecule has 2 aromatic carbocycles. The Kier molecular flexibility index (Phi) is 6.57. The van der Waals surface area contributed by atoms with Crippen LogP contribution in [0.4, 0.5) is 19.6 Å². The molecule has 0 radical (unpaired) electrons. The lowest BCUT2D eigenvalue weighted by molar-refractivity contribution is -0.102. The lowest BCUT2D eigenvalue weighted by Crippen LogP contribution is -2.52. The van der Waals surface area contributed by atoms with Crippen LogP contribution >= 0.6 is 11.3 Å². The summed E-state index contributed by atoms with van der Waals surface area (Å²) < 4.78 is 56.7. The predicted octanol–water partition coefficient (Wildman–Crippen LogP) is 4.01. The van der Waals surface area contributed by atoms with E-state index in [0.717, 1.165) is 25.9 Å². The molecule has 13 heteroatoms. The second-order valence-corrected chi connectivity index (χ2v) is 12.4. The summed E-state index contributed by atoms with van der Waals surface area (Å²) in [6.45, 7) is 3.34. The third-order valence-corrected chi connectivity index (χ3v) is 9.84. The van der Waals surface area contributed by atoms with E-state index in [-0.39, 0.29) is 76.6 Å². The van der Waals surface area contributed by atoms with Crippen LogP contribution < -0.4 is 20.7 Å². The van der Waals surface area contributed by atoms with Crippen molar-refractivity contribution in [3.8, 4) is 23.2 Å². The maximum absolute atomic E-state index is 17.1. The first-order chi connectivity index (χ1) is 21.0. The normalized spacial score (nSPS) is 23.2. The van der Waals surface area contributed by atoms with Crippen LogP contribution in [0.15, 0.2) is 12.1 Å². The number of thiophene rings is 1. The molecular weight excluding hydrogens is 578 g/mol. The molecule has 0 aliphatic carbocycles. The molecule has 3 atom stereocenters. The largest absolute Gasteiger partial charge is 0.461 e. The fourth-order valence-corrected chi connectivity index (χ4v) is 7.90. The number of hydrogen-bond acceptors (Lipinski definition) is 11. The van der Waals surface area contributed by atoms with Gasteiger partial charge in [0, 0.05) is 46.4 Å². The van der Waals surface area contributed by atoms with Crippen molar-refractivity contribution in [3.63, 3.8) is 0 Å². The number of ether oxygens (including phenoxy) is 4. The molecule has 3 N–H and O–H groups in total. The summed E-state index contributed by atoms with van der Waals surface area (Å²) in [5.41, 5.74) is 7.55. The highest BCUT2D eigenvalue weighted by Gasteiger charge is 2.40. The minimum atomic E-state index is -0.715. The molecule has 6 heterocycles. The molecule has 43 heavy (non-hydrogen) atoms. The van der Waals surface area contributed by atoms with Gasteiger partial charge in [-0.25, -0.2) is 8.78 Å². The van der Waals surface area contributed by atoms with Crippen LogP contribution in [0.3, 0.4) is 0 Å². The highest BCUT2D eigenvalue weighted by atomic mass is 32.1. The zero-order valence-electron chi connectivity index (χ0n) is 23.1. The first-order valence-electron chi connectivity index (χ1n) is 14.4. The Hall–Kier alpha value is -3.67. The van der Waals surface area contributed by atoms with E-state index in [1.165, 1.54) is 17.4 Å². The van der Waals surface area contributed by atoms with Gasteiger partial charge < -0.3 is 34.9 Å². The van der Waals surface area contributed by atoms with E-state index in [4.69, 9.17) is 29.7 Å². The summed E-state index contributed by atoms with van der Waals surface area (Å²) in [7, 11) is 0. The second kappa shape index (κ2) is 10.5. The quantitative estimate of drug-likeness (QED) is 0.344. The zero-order valence-corrected chi connectivity index (χ0v) is 23.9. The Bertz CT molecular complexity index is 1800. The number of nitrogens with one attached hydrogen (secondary N) is 1. The molecule has 10 nitrogen and oxygen atoms in total. The number of nitrogens with zero attached hydrogens (tertiary/aromatic N) is 4. The summed E-state index contributed by atoms with van der Waals surface area (Å²) in [5, 5.41) is 14.5. The topological polar surface area (TPSA) is 128 Å². The van der Waals surface area contributed by atoms with Crippen LogP contribution in [0.2, 0.25) is 0 Å². The Morgan fingerprint density at radius 3 is 2.65 bits per heavy atom. The molecule has 0 saturated carbocycles. The van der Waals surface area contributed by atoms with Crippen LogP contribution in [0.1, 0.15) is 29.5 Å². The van der Waals surface area contributed by atoms with Crippen molar-refractivity contribution >= 4 is 43.1 Å². The Balaban J connectivity index is 1.38. The second-order valence-electron chi connectivity index (χ2n) is 11.3. The van der Waals surface area contributed by atoms with Gasteiger partial charge in [0.25, 0.3) is 0 Å². The average Bonchev–Trinajstić information content (AvgIpc) is 3.70. The minimum Gasteiger partial charge on any atom is -0.461 e. The lowest BCUT2D eigenvalue weighted by Gasteiger charge is -2.37. The van der Waals surface area contributed by atoms with Crippen LogP contribution in [0, 0.1) is 23.0 Å². The minimum absolute atomic E-state index is 0.00879. The Morgan fingerprint density at radius 2 is 1.88 bits per heavy atom. The molecule has 4 aromatic rings. The van der Waals surface area contributed by atoms with E-state index in [2.05, 4.69) is 21.3 Å². The molecule has 0 amide bonds. The molecule has 2 aromatic heterocycles.